The SMILES string of the molecule is COC1=CC(c2ccc[nH]2)=N/C1=C\c1[nH]c(C)c(C(=O)CCCCC(=O)NCCSSCCNC(=O)CC[C@H](NC(=O)c2ccc(NCc3cnc4nc(N)[nH]c(=O)c4n3)cc2)C(=O)[O-])c1C.[Na+]. The second-order valence-electron chi connectivity index (χ2n) is 15.3. The van der Waals surface area contributed by atoms with Crippen LogP contribution in [-0.4, -0.2) is 103 Å². The van der Waals surface area contributed by atoms with Gasteiger partial charge >= 0.3 is 29.6 Å². The number of aromatic nitrogens is 6. The maximum Gasteiger partial charge on any atom is 1.00 e. The number of aliphatic imine (C=N–C) groups is 1. The summed E-state index contributed by atoms with van der Waals surface area (Å²) < 4.78 is 5.55. The third kappa shape index (κ3) is 14.9. The van der Waals surface area contributed by atoms with E-state index in [-0.39, 0.29) is 89.2 Å². The first-order valence-corrected chi connectivity index (χ1v) is 23.9. The summed E-state index contributed by atoms with van der Waals surface area (Å²) in [5.41, 5.74) is 11.8. The second kappa shape index (κ2) is 25.8. The molecule has 0 saturated carbocycles. The number of amides is 3. The van der Waals surface area contributed by atoms with E-state index in [1.807, 2.05) is 44.3 Å². The number of anilines is 2. The van der Waals surface area contributed by atoms with E-state index in [0.29, 0.717) is 78.7 Å². The number of benzene rings is 1. The van der Waals surface area contributed by atoms with Gasteiger partial charge in [0.2, 0.25) is 17.8 Å². The number of allylic oxidation sites excluding steroid dienone is 1. The van der Waals surface area contributed by atoms with Crippen LogP contribution in [0.5, 0.6) is 0 Å². The molecular weight excluding hydrogens is 924 g/mol. The number of carbonyl (C=O) groups excluding carboxylic acids is 5. The summed E-state index contributed by atoms with van der Waals surface area (Å²) in [6, 6.07) is 8.68. The molecule has 68 heavy (non-hydrogen) atoms. The van der Waals surface area contributed by atoms with Crippen LogP contribution in [0.25, 0.3) is 17.2 Å². The normalized spacial score (nSPS) is 13.0. The van der Waals surface area contributed by atoms with Crippen molar-refractivity contribution in [2.24, 2.45) is 4.99 Å². The van der Waals surface area contributed by atoms with E-state index in [1.165, 1.54) is 29.1 Å². The Morgan fingerprint density at radius 2 is 1.65 bits per heavy atom. The molecule has 0 fully saturated rings. The van der Waals surface area contributed by atoms with Crippen molar-refractivity contribution in [2.75, 3.05) is 42.8 Å². The molecule has 20 nitrogen and oxygen atoms in total. The first kappa shape index (κ1) is 52.8. The number of Topliss-reactive ketones (excluding diaryl/α,β-unsaturated/α-hetero) is 1. The summed E-state index contributed by atoms with van der Waals surface area (Å²) in [5, 5.41) is 22.9. The van der Waals surface area contributed by atoms with Crippen LogP contribution in [0.4, 0.5) is 11.6 Å². The Hall–Kier alpha value is -6.20. The van der Waals surface area contributed by atoms with Gasteiger partial charge in [-0.1, -0.05) is 21.6 Å². The Balaban J connectivity index is 0.00000864. The van der Waals surface area contributed by atoms with E-state index in [1.54, 1.807) is 30.0 Å². The minimum absolute atomic E-state index is 0. The molecule has 1 aliphatic heterocycles. The van der Waals surface area contributed by atoms with Gasteiger partial charge in [-0.15, -0.1) is 0 Å². The number of ether oxygens (including phenoxy) is 1. The number of aromatic amines is 3. The van der Waals surface area contributed by atoms with E-state index in [0.717, 1.165) is 28.4 Å². The summed E-state index contributed by atoms with van der Waals surface area (Å²) in [4.78, 5) is 101. The number of nitrogen functional groups attached to an aromatic ring is 1. The molecule has 1 aromatic carbocycles. The number of nitrogens with two attached hydrogens (primary N) is 1. The zero-order valence-corrected chi connectivity index (χ0v) is 41.7. The third-order valence-corrected chi connectivity index (χ3v) is 12.8. The third-order valence-electron chi connectivity index (χ3n) is 10.4. The largest absolute Gasteiger partial charge is 1.00 e. The molecule has 5 heterocycles. The summed E-state index contributed by atoms with van der Waals surface area (Å²) in [5.74, 6) is -0.796. The smallest absolute Gasteiger partial charge is 0.548 e. The molecule has 0 unspecified atom stereocenters. The number of hydrogen-bond acceptors (Lipinski definition) is 16. The number of unbranched alkanes of at least 4 members (excludes halogenated alkanes) is 1. The van der Waals surface area contributed by atoms with Gasteiger partial charge in [0, 0.05) is 84.3 Å². The molecule has 0 bridgehead atoms. The van der Waals surface area contributed by atoms with Gasteiger partial charge in [0.25, 0.3) is 11.5 Å². The van der Waals surface area contributed by atoms with Crippen molar-refractivity contribution in [3.8, 4) is 0 Å². The molecule has 0 saturated heterocycles. The van der Waals surface area contributed by atoms with Crippen LogP contribution in [0.1, 0.15) is 87.6 Å². The average Bonchev–Trinajstić information content (AvgIpc) is 4.06. The Labute approximate surface area is 421 Å². The summed E-state index contributed by atoms with van der Waals surface area (Å²) >= 11 is 0. The topological polar surface area (TPSA) is 307 Å². The predicted octanol–water partition coefficient (Wildman–Crippen LogP) is 0.244. The minimum atomic E-state index is -1.51. The zero-order valence-electron chi connectivity index (χ0n) is 38.1. The number of nitrogens with zero attached hydrogens (tertiary/aromatic N) is 4. The monoisotopic (exact) mass is 974 g/mol. The number of carboxylic acids is 1. The Bertz CT molecular complexity index is 2750. The molecule has 1 atom stereocenters. The number of nitrogens with one attached hydrogen (secondary N) is 7. The fraction of sp³-hybridized carbons (Fsp3) is 0.333. The van der Waals surface area contributed by atoms with E-state index in [2.05, 4.69) is 51.2 Å². The first-order valence-electron chi connectivity index (χ1n) is 21.4. The van der Waals surface area contributed by atoms with Crippen LogP contribution in [0, 0.1) is 13.8 Å². The Morgan fingerprint density at radius 1 is 0.941 bits per heavy atom. The standard InChI is InChI=1S/C45H52N12O8S2.Na/c1-25-32(21-34-36(65-3)22-33(54-34)30-7-6-16-47-30)52-26(2)39(25)35(58)8-4-5-9-37(59)48-17-19-66-67-20-18-49-38(60)15-14-31(44(63)64)55-42(61)27-10-12-28(13-11-27)50-23-29-24-51-41-40(53-29)43(62)57-45(46)56-41;/h6-7,10-13,16,21-22,24,31,47,50,52H,4-5,8-9,14-15,17-20,23H2,1-3H3,(H,48,59)(H,49,60)(H,55,61)(H,63,64)(H3,46,51,56,57,62);/q;+1/p-1/b34-21-;/t31-;/m0./s1. The van der Waals surface area contributed by atoms with Crippen molar-refractivity contribution in [3.05, 3.63) is 116 Å². The van der Waals surface area contributed by atoms with Crippen LogP contribution < -0.4 is 67.2 Å². The molecule has 0 spiro atoms. The molecule has 4 aromatic heterocycles. The average molecular weight is 975 g/mol. The van der Waals surface area contributed by atoms with Gasteiger partial charge in [0.05, 0.1) is 49.0 Å². The van der Waals surface area contributed by atoms with Crippen molar-refractivity contribution in [2.45, 2.75) is 65.0 Å². The van der Waals surface area contributed by atoms with Crippen molar-refractivity contribution in [1.82, 2.24) is 45.9 Å². The molecule has 352 valence electrons. The fourth-order valence-electron chi connectivity index (χ4n) is 6.99. The molecule has 3 amide bonds. The predicted molar refractivity (Wildman–Crippen MR) is 256 cm³/mol. The van der Waals surface area contributed by atoms with Crippen molar-refractivity contribution >= 4 is 85.6 Å². The molecule has 1 aliphatic rings. The minimum Gasteiger partial charge on any atom is -0.548 e. The van der Waals surface area contributed by atoms with Crippen molar-refractivity contribution < 1.29 is 63.4 Å². The number of rotatable bonds is 25. The number of ketones is 1. The van der Waals surface area contributed by atoms with Gasteiger partial charge in [0.15, 0.2) is 16.9 Å². The van der Waals surface area contributed by atoms with Crippen LogP contribution in [0.3, 0.4) is 0 Å². The van der Waals surface area contributed by atoms with Gasteiger partial charge in [-0.25, -0.2) is 15.0 Å². The number of fused-ring (bicyclic) bond motifs is 1. The molecule has 0 aliphatic carbocycles. The Kier molecular flexibility index (Phi) is 20.0. The molecule has 5 aromatic rings. The van der Waals surface area contributed by atoms with Crippen molar-refractivity contribution in [1.29, 1.82) is 0 Å². The molecule has 6 rings (SSSR count). The van der Waals surface area contributed by atoms with E-state index >= 15 is 0 Å². The molecular formula is C45H51N12NaO8S2. The van der Waals surface area contributed by atoms with Crippen LogP contribution in [-0.2, 0) is 25.7 Å². The Morgan fingerprint density at radius 3 is 2.32 bits per heavy atom. The number of methoxy groups -OCH3 is 1. The van der Waals surface area contributed by atoms with Gasteiger partial charge in [-0.05, 0) is 81.1 Å². The van der Waals surface area contributed by atoms with E-state index in [4.69, 9.17) is 15.5 Å². The first-order chi connectivity index (χ1) is 32.3. The van der Waals surface area contributed by atoms with Crippen LogP contribution in [0.2, 0.25) is 0 Å². The van der Waals surface area contributed by atoms with Crippen molar-refractivity contribution in [3.63, 3.8) is 0 Å². The van der Waals surface area contributed by atoms with Gasteiger partial charge < -0.3 is 51.6 Å². The fourth-order valence-corrected chi connectivity index (χ4v) is 8.81. The summed E-state index contributed by atoms with van der Waals surface area (Å²) in [7, 11) is 4.66. The number of hydrogen-bond donors (Lipinski definition) is 8. The number of aryl methyl sites for hydroxylation is 1. The van der Waals surface area contributed by atoms with Crippen LogP contribution >= 0.6 is 21.6 Å². The number of H-pyrrole nitrogens is 3. The van der Waals surface area contributed by atoms with E-state index in [9.17, 15) is 33.9 Å². The molecule has 23 heteroatoms. The van der Waals surface area contributed by atoms with Gasteiger partial charge in [0.1, 0.15) is 11.5 Å². The second-order valence-corrected chi connectivity index (χ2v) is 18.0. The molecule has 0 radical (unpaired) electrons. The number of carboxylic acid groups (broad SMARTS) is 1. The summed E-state index contributed by atoms with van der Waals surface area (Å²) in [6.07, 6.45) is 8.52. The molecule has 9 N–H and O–H groups in total. The van der Waals surface area contributed by atoms with Gasteiger partial charge in [-0.3, -0.25) is 29.0 Å². The summed E-state index contributed by atoms with van der Waals surface area (Å²) in [6.45, 7) is 4.81. The van der Waals surface area contributed by atoms with E-state index < -0.39 is 23.5 Å². The number of carbonyl (C=O) groups is 5. The zero-order chi connectivity index (χ0) is 47.9. The van der Waals surface area contributed by atoms with Gasteiger partial charge in [-0.2, -0.15) is 4.98 Å². The number of aliphatic carboxylic acids is 1. The quantitative estimate of drug-likeness (QED) is 0.0168. The maximum atomic E-state index is 13.2. The maximum absolute atomic E-state index is 13.2. The van der Waals surface area contributed by atoms with Crippen LogP contribution in [0.15, 0.2) is 76.1 Å².